The van der Waals surface area contributed by atoms with Crippen molar-refractivity contribution in [3.63, 3.8) is 0 Å². The third-order valence-electron chi connectivity index (χ3n) is 4.31. The number of aromatic carboxylic acids is 1. The maximum Gasteiger partial charge on any atom is 0.339 e. The minimum atomic E-state index is -0.973. The average Bonchev–Trinajstić information content (AvgIpc) is 2.62. The van der Waals surface area contributed by atoms with Gasteiger partial charge in [-0.25, -0.2) is 14.2 Å². The van der Waals surface area contributed by atoms with Crippen LogP contribution in [0, 0.1) is 5.82 Å². The summed E-state index contributed by atoms with van der Waals surface area (Å²) in [6.07, 6.45) is 1.61. The zero-order chi connectivity index (χ0) is 17.8. The van der Waals surface area contributed by atoms with Gasteiger partial charge in [0.1, 0.15) is 11.4 Å². The lowest BCUT2D eigenvalue weighted by molar-refractivity contribution is 0.0697. The topological polar surface area (TPSA) is 65.9 Å². The van der Waals surface area contributed by atoms with Gasteiger partial charge in [-0.05, 0) is 29.8 Å². The number of nitrogens with zero attached hydrogens (tertiary/aromatic N) is 3. The van der Waals surface area contributed by atoms with Gasteiger partial charge in [-0.15, -0.1) is 0 Å². The van der Waals surface area contributed by atoms with Gasteiger partial charge >= 0.3 is 5.97 Å². The minimum absolute atomic E-state index is 0.216. The van der Waals surface area contributed by atoms with E-state index in [0.717, 1.165) is 18.7 Å². The van der Waals surface area contributed by atoms with Crippen LogP contribution in [0.5, 0.6) is 5.75 Å². The van der Waals surface area contributed by atoms with Crippen molar-refractivity contribution in [1.82, 2.24) is 9.88 Å². The van der Waals surface area contributed by atoms with Crippen LogP contribution in [0.3, 0.4) is 0 Å². The Morgan fingerprint density at radius 3 is 2.68 bits per heavy atom. The van der Waals surface area contributed by atoms with Crippen molar-refractivity contribution in [1.29, 1.82) is 0 Å². The van der Waals surface area contributed by atoms with Gasteiger partial charge in [0, 0.05) is 38.9 Å². The van der Waals surface area contributed by atoms with E-state index in [9.17, 15) is 14.3 Å². The van der Waals surface area contributed by atoms with E-state index >= 15 is 0 Å². The number of rotatable bonds is 5. The summed E-state index contributed by atoms with van der Waals surface area (Å²) in [6, 6.07) is 8.18. The molecular formula is C18H20FN3O3. The van der Waals surface area contributed by atoms with Crippen molar-refractivity contribution >= 4 is 11.8 Å². The second-order valence-electron chi connectivity index (χ2n) is 5.91. The van der Waals surface area contributed by atoms with Crippen molar-refractivity contribution in [3.05, 3.63) is 53.5 Å². The second kappa shape index (κ2) is 7.48. The number of anilines is 1. The van der Waals surface area contributed by atoms with Gasteiger partial charge < -0.3 is 14.7 Å². The molecule has 0 unspecified atom stereocenters. The molecule has 1 aromatic heterocycles. The molecule has 1 aliphatic rings. The Morgan fingerprint density at radius 1 is 1.28 bits per heavy atom. The Hall–Kier alpha value is -2.67. The predicted molar refractivity (Wildman–Crippen MR) is 91.6 cm³/mol. The molecule has 1 saturated heterocycles. The van der Waals surface area contributed by atoms with Gasteiger partial charge in [-0.3, -0.25) is 4.90 Å². The lowest BCUT2D eigenvalue weighted by Crippen LogP contribution is -2.46. The number of benzene rings is 1. The largest absolute Gasteiger partial charge is 0.494 e. The summed E-state index contributed by atoms with van der Waals surface area (Å²) in [5.74, 6) is -0.590. The molecule has 0 spiro atoms. The van der Waals surface area contributed by atoms with Crippen LogP contribution in [0.1, 0.15) is 15.9 Å². The zero-order valence-corrected chi connectivity index (χ0v) is 14.0. The van der Waals surface area contributed by atoms with E-state index in [1.54, 1.807) is 24.4 Å². The molecule has 0 bridgehead atoms. The van der Waals surface area contributed by atoms with Crippen LogP contribution < -0.4 is 9.64 Å². The Morgan fingerprint density at radius 2 is 2.04 bits per heavy atom. The Labute approximate surface area is 145 Å². The fourth-order valence-electron chi connectivity index (χ4n) is 3.00. The predicted octanol–water partition coefficient (Wildman–Crippen LogP) is 2.25. The third kappa shape index (κ3) is 3.88. The van der Waals surface area contributed by atoms with E-state index < -0.39 is 5.97 Å². The lowest BCUT2D eigenvalue weighted by Gasteiger charge is -2.35. The molecule has 1 fully saturated rings. The smallest absolute Gasteiger partial charge is 0.339 e. The summed E-state index contributed by atoms with van der Waals surface area (Å²) in [5, 5.41) is 9.29. The number of methoxy groups -OCH3 is 1. The average molecular weight is 345 g/mol. The van der Waals surface area contributed by atoms with Gasteiger partial charge in [-0.1, -0.05) is 6.07 Å². The van der Waals surface area contributed by atoms with Crippen molar-refractivity contribution in [3.8, 4) is 5.75 Å². The summed E-state index contributed by atoms with van der Waals surface area (Å²) in [6.45, 7) is 3.50. The molecule has 1 N–H and O–H groups in total. The Kier molecular flexibility index (Phi) is 5.14. The van der Waals surface area contributed by atoms with Crippen LogP contribution in [-0.4, -0.2) is 54.2 Å². The number of piperazine rings is 1. The van der Waals surface area contributed by atoms with Crippen molar-refractivity contribution < 1.29 is 19.0 Å². The number of pyridine rings is 1. The molecule has 1 aromatic carbocycles. The van der Waals surface area contributed by atoms with E-state index in [1.807, 2.05) is 11.0 Å². The molecule has 7 heteroatoms. The molecule has 1 aliphatic heterocycles. The highest BCUT2D eigenvalue weighted by atomic mass is 19.1. The lowest BCUT2D eigenvalue weighted by atomic mass is 10.1. The molecule has 0 aliphatic carbocycles. The molecule has 0 amide bonds. The second-order valence-corrected chi connectivity index (χ2v) is 5.91. The van der Waals surface area contributed by atoms with Crippen LogP contribution in [0.15, 0.2) is 36.5 Å². The van der Waals surface area contributed by atoms with Gasteiger partial charge in [0.15, 0.2) is 11.6 Å². The summed E-state index contributed by atoms with van der Waals surface area (Å²) >= 11 is 0. The summed E-state index contributed by atoms with van der Waals surface area (Å²) in [7, 11) is 1.44. The number of carboxylic acid groups (broad SMARTS) is 1. The van der Waals surface area contributed by atoms with Gasteiger partial charge in [0.05, 0.1) is 7.11 Å². The molecule has 132 valence electrons. The molecule has 25 heavy (non-hydrogen) atoms. The number of ether oxygens (including phenoxy) is 1. The molecule has 2 aromatic rings. The first-order chi connectivity index (χ1) is 12.1. The highest BCUT2D eigenvalue weighted by Gasteiger charge is 2.22. The van der Waals surface area contributed by atoms with Crippen LogP contribution in [0.25, 0.3) is 0 Å². The molecule has 6 nitrogen and oxygen atoms in total. The van der Waals surface area contributed by atoms with Gasteiger partial charge in [0.2, 0.25) is 0 Å². The molecule has 0 atom stereocenters. The van der Waals surface area contributed by atoms with Crippen molar-refractivity contribution in [2.75, 3.05) is 38.2 Å². The van der Waals surface area contributed by atoms with Gasteiger partial charge in [0.25, 0.3) is 0 Å². The molecule has 2 heterocycles. The van der Waals surface area contributed by atoms with Crippen LogP contribution in [0.4, 0.5) is 10.2 Å². The quantitative estimate of drug-likeness (QED) is 0.897. The Bertz CT molecular complexity index is 761. The van der Waals surface area contributed by atoms with E-state index in [2.05, 4.69) is 9.88 Å². The zero-order valence-electron chi connectivity index (χ0n) is 14.0. The number of halogens is 1. The van der Waals surface area contributed by atoms with Crippen molar-refractivity contribution in [2.24, 2.45) is 0 Å². The third-order valence-corrected chi connectivity index (χ3v) is 4.31. The first-order valence-corrected chi connectivity index (χ1v) is 8.06. The number of carboxylic acids is 1. The first-order valence-electron chi connectivity index (χ1n) is 8.06. The normalized spacial score (nSPS) is 15.2. The monoisotopic (exact) mass is 345 g/mol. The van der Waals surface area contributed by atoms with E-state index in [0.29, 0.717) is 25.5 Å². The summed E-state index contributed by atoms with van der Waals surface area (Å²) in [5.41, 5.74) is 1.10. The molecule has 3 rings (SSSR count). The van der Waals surface area contributed by atoms with E-state index in [4.69, 9.17) is 4.74 Å². The molecular weight excluding hydrogens is 325 g/mol. The summed E-state index contributed by atoms with van der Waals surface area (Å²) in [4.78, 5) is 19.7. The number of hydrogen-bond acceptors (Lipinski definition) is 5. The van der Waals surface area contributed by atoms with Crippen LogP contribution in [0.2, 0.25) is 0 Å². The minimum Gasteiger partial charge on any atom is -0.494 e. The SMILES string of the molecule is COc1ccc(CN2CCN(c3ncccc3C(=O)O)CC2)cc1F. The standard InChI is InChI=1S/C18H20FN3O3/c1-25-16-5-4-13(11-15(16)19)12-21-7-9-22(10-8-21)17-14(18(23)24)3-2-6-20-17/h2-6,11H,7-10,12H2,1H3,(H,23,24). The van der Waals surface area contributed by atoms with Crippen LogP contribution in [-0.2, 0) is 6.54 Å². The molecule has 0 saturated carbocycles. The first kappa shape index (κ1) is 17.2. The van der Waals surface area contributed by atoms with Crippen molar-refractivity contribution in [2.45, 2.75) is 6.54 Å². The Balaban J connectivity index is 1.63. The number of aromatic nitrogens is 1. The van der Waals surface area contributed by atoms with Gasteiger partial charge in [-0.2, -0.15) is 0 Å². The highest BCUT2D eigenvalue weighted by Crippen LogP contribution is 2.21. The number of hydrogen-bond donors (Lipinski definition) is 1. The fourth-order valence-corrected chi connectivity index (χ4v) is 3.00. The fraction of sp³-hybridized carbons (Fsp3) is 0.333. The van der Waals surface area contributed by atoms with E-state index in [1.165, 1.54) is 13.2 Å². The maximum absolute atomic E-state index is 13.8. The van der Waals surface area contributed by atoms with E-state index in [-0.39, 0.29) is 17.1 Å². The number of carbonyl (C=O) groups is 1. The molecule has 0 radical (unpaired) electrons. The van der Waals surface area contributed by atoms with Crippen LogP contribution >= 0.6 is 0 Å². The maximum atomic E-state index is 13.8. The highest BCUT2D eigenvalue weighted by molar-refractivity contribution is 5.93. The summed E-state index contributed by atoms with van der Waals surface area (Å²) < 4.78 is 18.7.